The summed E-state index contributed by atoms with van der Waals surface area (Å²) >= 11 is 0. The Hall–Kier alpha value is -1.75. The van der Waals surface area contributed by atoms with Crippen LogP contribution in [0.3, 0.4) is 0 Å². The Kier molecular flexibility index (Phi) is 2.93. The Labute approximate surface area is 97.7 Å². The average Bonchev–Trinajstić information content (AvgIpc) is 2.49. The number of aliphatic hydroxyl groups excluding tert-OH is 1. The van der Waals surface area contributed by atoms with Crippen molar-refractivity contribution in [2.75, 3.05) is 11.4 Å². The van der Waals surface area contributed by atoms with E-state index in [0.717, 1.165) is 6.07 Å². The number of hydrogen-bond donors (Lipinski definition) is 1. The molecule has 0 aromatic heterocycles. The third-order valence-corrected chi connectivity index (χ3v) is 2.71. The standard InChI is InChI=1S/C12H12FNO3/c1-7(15)4-5-14-10-6-8(13)2-3-9(10)11(16)12(14)17/h2-3,6-7,15H,4-5H2,1H3. The highest BCUT2D eigenvalue weighted by Gasteiger charge is 2.35. The number of ketones is 1. The molecule has 90 valence electrons. The van der Waals surface area contributed by atoms with E-state index in [0.29, 0.717) is 12.1 Å². The zero-order valence-corrected chi connectivity index (χ0v) is 9.31. The lowest BCUT2D eigenvalue weighted by molar-refractivity contribution is -0.114. The summed E-state index contributed by atoms with van der Waals surface area (Å²) in [6, 6.07) is 3.63. The molecule has 1 aromatic carbocycles. The Morgan fingerprint density at radius 3 is 2.76 bits per heavy atom. The normalized spacial score (nSPS) is 16.3. The van der Waals surface area contributed by atoms with Gasteiger partial charge < -0.3 is 10.0 Å². The second kappa shape index (κ2) is 4.25. The summed E-state index contributed by atoms with van der Waals surface area (Å²) in [5.74, 6) is -1.77. The van der Waals surface area contributed by atoms with Gasteiger partial charge in [0.1, 0.15) is 5.82 Å². The maximum Gasteiger partial charge on any atom is 0.299 e. The number of halogens is 1. The predicted molar refractivity (Wildman–Crippen MR) is 59.4 cm³/mol. The van der Waals surface area contributed by atoms with Crippen molar-refractivity contribution >= 4 is 17.4 Å². The van der Waals surface area contributed by atoms with E-state index in [4.69, 9.17) is 0 Å². The Morgan fingerprint density at radius 2 is 2.12 bits per heavy atom. The lowest BCUT2D eigenvalue weighted by Crippen LogP contribution is -2.32. The van der Waals surface area contributed by atoms with Crippen molar-refractivity contribution in [3.63, 3.8) is 0 Å². The number of benzene rings is 1. The van der Waals surface area contributed by atoms with Crippen LogP contribution in [0.15, 0.2) is 18.2 Å². The van der Waals surface area contributed by atoms with Gasteiger partial charge in [-0.3, -0.25) is 9.59 Å². The zero-order chi connectivity index (χ0) is 12.6. The van der Waals surface area contributed by atoms with Crippen molar-refractivity contribution in [1.82, 2.24) is 0 Å². The smallest absolute Gasteiger partial charge is 0.299 e. The number of aliphatic hydroxyl groups is 1. The second-order valence-corrected chi connectivity index (χ2v) is 4.09. The number of Topliss-reactive ketones (excluding diaryl/α,β-unsaturated/α-hetero) is 1. The summed E-state index contributed by atoms with van der Waals surface area (Å²) in [5, 5.41) is 9.17. The van der Waals surface area contributed by atoms with Crippen molar-refractivity contribution in [1.29, 1.82) is 0 Å². The third kappa shape index (κ3) is 2.06. The molecular weight excluding hydrogens is 225 g/mol. The van der Waals surface area contributed by atoms with Gasteiger partial charge in [-0.2, -0.15) is 0 Å². The first-order chi connectivity index (χ1) is 8.00. The molecular formula is C12H12FNO3. The van der Waals surface area contributed by atoms with Gasteiger partial charge in [-0.05, 0) is 31.5 Å². The van der Waals surface area contributed by atoms with Crippen LogP contribution in [0, 0.1) is 5.82 Å². The van der Waals surface area contributed by atoms with Crippen LogP contribution in [0.5, 0.6) is 0 Å². The van der Waals surface area contributed by atoms with Crippen molar-refractivity contribution in [2.24, 2.45) is 0 Å². The molecule has 17 heavy (non-hydrogen) atoms. The molecule has 4 nitrogen and oxygen atoms in total. The van der Waals surface area contributed by atoms with Gasteiger partial charge in [-0.1, -0.05) is 0 Å². The number of carbonyl (C=O) groups excluding carboxylic acids is 2. The number of amides is 1. The first-order valence-electron chi connectivity index (χ1n) is 5.34. The predicted octanol–water partition coefficient (Wildman–Crippen LogP) is 1.13. The molecule has 1 unspecified atom stereocenters. The molecule has 1 heterocycles. The molecule has 0 bridgehead atoms. The molecule has 0 saturated carbocycles. The quantitative estimate of drug-likeness (QED) is 0.801. The maximum absolute atomic E-state index is 13.1. The molecule has 1 aliphatic rings. The molecule has 1 aromatic rings. The minimum Gasteiger partial charge on any atom is -0.393 e. The SMILES string of the molecule is CC(O)CCN1C(=O)C(=O)c2ccc(F)cc21. The van der Waals surface area contributed by atoms with Crippen molar-refractivity contribution < 1.29 is 19.1 Å². The molecule has 1 amide bonds. The molecule has 1 atom stereocenters. The van der Waals surface area contributed by atoms with Crippen LogP contribution in [-0.4, -0.2) is 29.4 Å². The van der Waals surface area contributed by atoms with E-state index in [1.165, 1.54) is 17.0 Å². The van der Waals surface area contributed by atoms with Gasteiger partial charge in [0, 0.05) is 6.54 Å². The summed E-state index contributed by atoms with van der Waals surface area (Å²) in [6.45, 7) is 1.80. The van der Waals surface area contributed by atoms with Crippen molar-refractivity contribution in [3.8, 4) is 0 Å². The number of rotatable bonds is 3. The van der Waals surface area contributed by atoms with Gasteiger partial charge in [0.05, 0.1) is 17.4 Å². The minimum atomic E-state index is -0.661. The van der Waals surface area contributed by atoms with Gasteiger partial charge in [-0.25, -0.2) is 4.39 Å². The fraction of sp³-hybridized carbons (Fsp3) is 0.333. The van der Waals surface area contributed by atoms with Gasteiger partial charge in [0.25, 0.3) is 11.7 Å². The van der Waals surface area contributed by atoms with Gasteiger partial charge in [0.2, 0.25) is 0 Å². The molecule has 1 N–H and O–H groups in total. The molecule has 0 radical (unpaired) electrons. The average molecular weight is 237 g/mol. The summed E-state index contributed by atoms with van der Waals surface area (Å²) in [7, 11) is 0. The largest absolute Gasteiger partial charge is 0.393 e. The number of carbonyl (C=O) groups is 2. The first-order valence-corrected chi connectivity index (χ1v) is 5.34. The van der Waals surface area contributed by atoms with Crippen LogP contribution >= 0.6 is 0 Å². The molecule has 5 heteroatoms. The highest BCUT2D eigenvalue weighted by atomic mass is 19.1. The number of fused-ring (bicyclic) bond motifs is 1. The fourth-order valence-corrected chi connectivity index (χ4v) is 1.81. The molecule has 1 aliphatic heterocycles. The number of nitrogens with zero attached hydrogens (tertiary/aromatic N) is 1. The van der Waals surface area contributed by atoms with Crippen LogP contribution in [0.2, 0.25) is 0 Å². The molecule has 0 fully saturated rings. The Bertz CT molecular complexity index is 485. The van der Waals surface area contributed by atoms with E-state index in [2.05, 4.69) is 0 Å². The topological polar surface area (TPSA) is 57.6 Å². The number of anilines is 1. The lowest BCUT2D eigenvalue weighted by atomic mass is 10.1. The van der Waals surface area contributed by atoms with Gasteiger partial charge in [-0.15, -0.1) is 0 Å². The summed E-state index contributed by atoms with van der Waals surface area (Å²) in [6.07, 6.45) is -0.231. The molecule has 0 saturated heterocycles. The molecule has 0 spiro atoms. The van der Waals surface area contributed by atoms with Crippen LogP contribution < -0.4 is 4.90 Å². The van der Waals surface area contributed by atoms with Crippen LogP contribution in [0.1, 0.15) is 23.7 Å². The summed E-state index contributed by atoms with van der Waals surface area (Å²) in [4.78, 5) is 24.5. The monoisotopic (exact) mass is 237 g/mol. The van der Waals surface area contributed by atoms with Crippen LogP contribution in [-0.2, 0) is 4.79 Å². The highest BCUT2D eigenvalue weighted by molar-refractivity contribution is 6.52. The number of hydrogen-bond acceptors (Lipinski definition) is 3. The van der Waals surface area contributed by atoms with E-state index in [1.54, 1.807) is 6.92 Å². The fourth-order valence-electron chi connectivity index (χ4n) is 1.81. The Morgan fingerprint density at radius 1 is 1.41 bits per heavy atom. The molecule has 0 aliphatic carbocycles. The van der Waals surface area contributed by atoms with E-state index in [-0.39, 0.29) is 12.1 Å². The third-order valence-electron chi connectivity index (χ3n) is 2.71. The van der Waals surface area contributed by atoms with Crippen LogP contribution in [0.4, 0.5) is 10.1 Å². The van der Waals surface area contributed by atoms with E-state index in [1.807, 2.05) is 0 Å². The maximum atomic E-state index is 13.1. The zero-order valence-electron chi connectivity index (χ0n) is 9.31. The summed E-state index contributed by atoms with van der Waals surface area (Å²) < 4.78 is 13.1. The lowest BCUT2D eigenvalue weighted by Gasteiger charge is -2.17. The van der Waals surface area contributed by atoms with Crippen LogP contribution in [0.25, 0.3) is 0 Å². The van der Waals surface area contributed by atoms with Gasteiger partial charge in [0.15, 0.2) is 0 Å². The first kappa shape index (κ1) is 11.7. The van der Waals surface area contributed by atoms with E-state index < -0.39 is 23.6 Å². The van der Waals surface area contributed by atoms with E-state index in [9.17, 15) is 19.1 Å². The van der Waals surface area contributed by atoms with Crippen molar-refractivity contribution in [2.45, 2.75) is 19.4 Å². The second-order valence-electron chi connectivity index (χ2n) is 4.09. The van der Waals surface area contributed by atoms with E-state index >= 15 is 0 Å². The Balaban J connectivity index is 2.33. The summed E-state index contributed by atoms with van der Waals surface area (Å²) in [5.41, 5.74) is 0.516. The minimum absolute atomic E-state index is 0.207. The highest BCUT2D eigenvalue weighted by Crippen LogP contribution is 2.29. The van der Waals surface area contributed by atoms with Crippen molar-refractivity contribution in [3.05, 3.63) is 29.6 Å². The molecule has 2 rings (SSSR count). The van der Waals surface area contributed by atoms with Gasteiger partial charge >= 0.3 is 0 Å².